The molecule has 20 heavy (non-hydrogen) atoms. The molecule has 0 saturated carbocycles. The van der Waals surface area contributed by atoms with Gasteiger partial charge in [-0.15, -0.1) is 11.6 Å². The first kappa shape index (κ1) is 15.9. The Bertz CT molecular complexity index is 412. The highest BCUT2D eigenvalue weighted by Crippen LogP contribution is 2.44. The van der Waals surface area contributed by atoms with Crippen LogP contribution < -0.4 is 0 Å². The van der Waals surface area contributed by atoms with Gasteiger partial charge in [-0.2, -0.15) is 0 Å². The maximum atomic E-state index is 6.50. The van der Waals surface area contributed by atoms with Crippen molar-refractivity contribution in [3.8, 4) is 0 Å². The summed E-state index contributed by atoms with van der Waals surface area (Å²) in [4.78, 5) is 0. The number of fused-ring (bicyclic) bond motifs is 1. The average Bonchev–Trinajstić information content (AvgIpc) is 2.51. The Morgan fingerprint density at radius 2 is 2.05 bits per heavy atom. The van der Waals surface area contributed by atoms with E-state index in [4.69, 9.17) is 11.6 Å². The number of unbranched alkanes of at least 4 members (excludes halogenated alkanes) is 1. The SMILES string of the molecule is CCCCC(CC)CC1(CCl)CCCc2ccccc21. The monoisotopic (exact) mass is 292 g/mol. The van der Waals surface area contributed by atoms with Crippen LogP contribution in [0.1, 0.15) is 69.9 Å². The smallest absolute Gasteiger partial charge is 0.0320 e. The lowest BCUT2D eigenvalue weighted by atomic mass is 9.66. The number of aryl methyl sites for hydroxylation is 1. The fourth-order valence-electron chi connectivity index (χ4n) is 3.91. The molecule has 0 heterocycles. The van der Waals surface area contributed by atoms with Crippen molar-refractivity contribution < 1.29 is 0 Å². The van der Waals surface area contributed by atoms with Gasteiger partial charge in [0.25, 0.3) is 0 Å². The first-order valence-corrected chi connectivity index (χ1v) is 8.93. The molecular weight excluding hydrogens is 264 g/mol. The van der Waals surface area contributed by atoms with Gasteiger partial charge < -0.3 is 0 Å². The molecule has 2 unspecified atom stereocenters. The highest BCUT2D eigenvalue weighted by Gasteiger charge is 2.37. The molecule has 2 rings (SSSR count). The van der Waals surface area contributed by atoms with Crippen molar-refractivity contribution >= 4 is 11.6 Å². The standard InChI is InChI=1S/C19H29Cl/c1-3-5-9-16(4-2)14-19(15-20)13-8-11-17-10-6-7-12-18(17)19/h6-7,10,12,16H,3-5,8-9,11,13-15H2,1-2H3. The molecule has 112 valence electrons. The number of rotatable bonds is 7. The van der Waals surface area contributed by atoms with E-state index in [1.165, 1.54) is 51.4 Å². The molecule has 0 N–H and O–H groups in total. The van der Waals surface area contributed by atoms with Crippen molar-refractivity contribution in [3.63, 3.8) is 0 Å². The fourth-order valence-corrected chi connectivity index (χ4v) is 4.30. The molecule has 1 aliphatic carbocycles. The molecule has 1 heteroatoms. The Morgan fingerprint density at radius 1 is 1.25 bits per heavy atom. The molecule has 0 amide bonds. The van der Waals surface area contributed by atoms with E-state index in [-0.39, 0.29) is 5.41 Å². The molecule has 0 bridgehead atoms. The highest BCUT2D eigenvalue weighted by molar-refractivity contribution is 6.18. The van der Waals surface area contributed by atoms with E-state index in [0.29, 0.717) is 0 Å². The van der Waals surface area contributed by atoms with Crippen molar-refractivity contribution in [1.82, 2.24) is 0 Å². The fraction of sp³-hybridized carbons (Fsp3) is 0.684. The molecule has 0 spiro atoms. The lowest BCUT2D eigenvalue weighted by molar-refractivity contribution is 0.281. The minimum atomic E-state index is 0.241. The maximum absolute atomic E-state index is 6.50. The minimum Gasteiger partial charge on any atom is -0.126 e. The van der Waals surface area contributed by atoms with Crippen molar-refractivity contribution in [2.75, 3.05) is 5.88 Å². The van der Waals surface area contributed by atoms with Crippen LogP contribution in [0.2, 0.25) is 0 Å². The third-order valence-corrected chi connectivity index (χ3v) is 5.68. The zero-order valence-electron chi connectivity index (χ0n) is 13.1. The zero-order chi connectivity index (χ0) is 14.4. The first-order chi connectivity index (χ1) is 9.75. The van der Waals surface area contributed by atoms with Gasteiger partial charge in [0, 0.05) is 11.3 Å². The van der Waals surface area contributed by atoms with Crippen LogP contribution in [0.25, 0.3) is 0 Å². The van der Waals surface area contributed by atoms with Gasteiger partial charge in [0.05, 0.1) is 0 Å². The first-order valence-electron chi connectivity index (χ1n) is 8.40. The second-order valence-corrected chi connectivity index (χ2v) is 6.81. The molecule has 0 aromatic heterocycles. The molecule has 0 aliphatic heterocycles. The molecule has 0 radical (unpaired) electrons. The predicted octanol–water partition coefficient (Wildman–Crippen LogP) is 6.11. The molecule has 0 nitrogen and oxygen atoms in total. The van der Waals surface area contributed by atoms with Crippen LogP contribution in [-0.4, -0.2) is 5.88 Å². The Hall–Kier alpha value is -0.490. The Kier molecular flexibility index (Phi) is 5.96. The zero-order valence-corrected chi connectivity index (χ0v) is 13.9. The quantitative estimate of drug-likeness (QED) is 0.532. The number of hydrogen-bond donors (Lipinski definition) is 0. The van der Waals surface area contributed by atoms with Crippen molar-refractivity contribution in [1.29, 1.82) is 0 Å². The normalized spacial score (nSPS) is 23.4. The molecule has 1 aromatic rings. The van der Waals surface area contributed by atoms with E-state index in [1.54, 1.807) is 11.1 Å². The van der Waals surface area contributed by atoms with Gasteiger partial charge in [-0.3, -0.25) is 0 Å². The number of halogens is 1. The highest BCUT2D eigenvalue weighted by atomic mass is 35.5. The van der Waals surface area contributed by atoms with E-state index in [1.807, 2.05) is 0 Å². The lowest BCUT2D eigenvalue weighted by Crippen LogP contribution is -2.35. The van der Waals surface area contributed by atoms with Crippen LogP contribution in [-0.2, 0) is 11.8 Å². The van der Waals surface area contributed by atoms with Gasteiger partial charge in [0.2, 0.25) is 0 Å². The molecule has 1 aromatic carbocycles. The molecule has 2 atom stereocenters. The van der Waals surface area contributed by atoms with Crippen LogP contribution in [0.4, 0.5) is 0 Å². The minimum absolute atomic E-state index is 0.241. The summed E-state index contributed by atoms with van der Waals surface area (Å²) in [6.45, 7) is 4.64. The van der Waals surface area contributed by atoms with E-state index < -0.39 is 0 Å². The van der Waals surface area contributed by atoms with Gasteiger partial charge in [-0.25, -0.2) is 0 Å². The molecular formula is C19H29Cl. The van der Waals surface area contributed by atoms with Crippen LogP contribution in [0.5, 0.6) is 0 Å². The maximum Gasteiger partial charge on any atom is 0.0320 e. The van der Waals surface area contributed by atoms with E-state index in [0.717, 1.165) is 11.8 Å². The van der Waals surface area contributed by atoms with Gasteiger partial charge in [-0.05, 0) is 42.7 Å². The topological polar surface area (TPSA) is 0 Å². The van der Waals surface area contributed by atoms with Gasteiger partial charge in [-0.1, -0.05) is 63.8 Å². The summed E-state index contributed by atoms with van der Waals surface area (Å²) in [6, 6.07) is 9.02. The van der Waals surface area contributed by atoms with E-state index >= 15 is 0 Å². The second-order valence-electron chi connectivity index (χ2n) is 6.55. The molecule has 0 fully saturated rings. The summed E-state index contributed by atoms with van der Waals surface area (Å²) in [5, 5.41) is 0. The van der Waals surface area contributed by atoms with Crippen LogP contribution in [0.3, 0.4) is 0 Å². The van der Waals surface area contributed by atoms with Crippen molar-refractivity contribution in [2.24, 2.45) is 5.92 Å². The summed E-state index contributed by atoms with van der Waals surface area (Å²) in [5.41, 5.74) is 3.34. The number of benzene rings is 1. The Morgan fingerprint density at radius 3 is 2.75 bits per heavy atom. The summed E-state index contributed by atoms with van der Waals surface area (Å²) in [7, 11) is 0. The number of alkyl halides is 1. The van der Waals surface area contributed by atoms with Crippen LogP contribution in [0, 0.1) is 5.92 Å². The summed E-state index contributed by atoms with van der Waals surface area (Å²) in [5.74, 6) is 1.62. The molecule has 0 saturated heterocycles. The Balaban J connectivity index is 2.21. The van der Waals surface area contributed by atoms with Gasteiger partial charge >= 0.3 is 0 Å². The summed E-state index contributed by atoms with van der Waals surface area (Å²) in [6.07, 6.45) is 10.4. The van der Waals surface area contributed by atoms with Gasteiger partial charge in [0.1, 0.15) is 0 Å². The van der Waals surface area contributed by atoms with E-state index in [2.05, 4.69) is 38.1 Å². The number of hydrogen-bond acceptors (Lipinski definition) is 0. The molecule has 1 aliphatic rings. The van der Waals surface area contributed by atoms with E-state index in [9.17, 15) is 0 Å². The largest absolute Gasteiger partial charge is 0.126 e. The van der Waals surface area contributed by atoms with Crippen molar-refractivity contribution in [3.05, 3.63) is 35.4 Å². The lowest BCUT2D eigenvalue weighted by Gasteiger charge is -2.40. The third-order valence-electron chi connectivity index (χ3n) is 5.17. The predicted molar refractivity (Wildman–Crippen MR) is 89.7 cm³/mol. The summed E-state index contributed by atoms with van der Waals surface area (Å²) >= 11 is 6.50. The third kappa shape index (κ3) is 3.39. The summed E-state index contributed by atoms with van der Waals surface area (Å²) < 4.78 is 0. The second kappa shape index (κ2) is 7.50. The van der Waals surface area contributed by atoms with Crippen LogP contribution in [0.15, 0.2) is 24.3 Å². The van der Waals surface area contributed by atoms with Gasteiger partial charge in [0.15, 0.2) is 0 Å². The Labute approximate surface area is 129 Å². The average molecular weight is 293 g/mol. The van der Waals surface area contributed by atoms with Crippen LogP contribution >= 0.6 is 11.6 Å². The van der Waals surface area contributed by atoms with Crippen molar-refractivity contribution in [2.45, 2.75) is 70.6 Å².